The van der Waals surface area contributed by atoms with E-state index in [0.717, 1.165) is 0 Å². The lowest BCUT2D eigenvalue weighted by Crippen LogP contribution is -2.33. The molecule has 0 bridgehead atoms. The number of halogens is 1. The van der Waals surface area contributed by atoms with Gasteiger partial charge in [0.2, 0.25) is 0 Å². The summed E-state index contributed by atoms with van der Waals surface area (Å²) in [7, 11) is 0. The summed E-state index contributed by atoms with van der Waals surface area (Å²) in [5.41, 5.74) is 6.23. The van der Waals surface area contributed by atoms with E-state index in [1.807, 2.05) is 0 Å². The number of nitrogens with zero attached hydrogens (tertiary/aromatic N) is 1. The molecule has 0 aliphatic carbocycles. The summed E-state index contributed by atoms with van der Waals surface area (Å²) in [6, 6.07) is 7.90. The molecule has 0 spiro atoms. The van der Waals surface area contributed by atoms with Crippen LogP contribution in [0.4, 0.5) is 10.1 Å². The Hall–Kier alpha value is -2.14. The Morgan fingerprint density at radius 1 is 1.33 bits per heavy atom. The molecule has 1 aromatic heterocycles. The summed E-state index contributed by atoms with van der Waals surface area (Å²) in [6.45, 7) is 4.29. The van der Waals surface area contributed by atoms with Crippen molar-refractivity contribution < 1.29 is 13.6 Å². The second-order valence-electron chi connectivity index (χ2n) is 4.88. The van der Waals surface area contributed by atoms with Gasteiger partial charge in [-0.1, -0.05) is 12.1 Å². The van der Waals surface area contributed by atoms with Crippen LogP contribution in [0.5, 0.6) is 0 Å². The minimum atomic E-state index is -0.430. The van der Waals surface area contributed by atoms with Gasteiger partial charge in [-0.25, -0.2) is 4.39 Å². The maximum absolute atomic E-state index is 14.0. The number of carbonyl (C=O) groups is 1. The van der Waals surface area contributed by atoms with Gasteiger partial charge in [0.1, 0.15) is 17.3 Å². The molecule has 2 N–H and O–H groups in total. The number of benzene rings is 1. The minimum absolute atomic E-state index is 0.259. The van der Waals surface area contributed by atoms with Crippen LogP contribution in [-0.4, -0.2) is 19.0 Å². The van der Waals surface area contributed by atoms with Crippen molar-refractivity contribution in [2.75, 3.05) is 18.0 Å². The number of hydrogen-bond acceptors (Lipinski definition) is 3. The molecular weight excluding hydrogens is 271 g/mol. The van der Waals surface area contributed by atoms with E-state index in [-0.39, 0.29) is 11.6 Å². The smallest absolute Gasteiger partial charge is 0.261 e. The standard InChI is InChI=1S/C16H19FN2O2/c1-11-10-13(12(2)21-11)16(20)19(9-5-8-18)15-7-4-3-6-14(15)17/h3-4,6-7,10H,5,8-9,18H2,1-2H3. The third kappa shape index (κ3) is 3.31. The third-order valence-corrected chi connectivity index (χ3v) is 3.25. The molecule has 0 atom stereocenters. The van der Waals surface area contributed by atoms with Crippen molar-refractivity contribution in [2.45, 2.75) is 20.3 Å². The van der Waals surface area contributed by atoms with Crippen LogP contribution in [0.25, 0.3) is 0 Å². The highest BCUT2D eigenvalue weighted by atomic mass is 19.1. The zero-order valence-corrected chi connectivity index (χ0v) is 12.2. The van der Waals surface area contributed by atoms with Crippen molar-refractivity contribution >= 4 is 11.6 Å². The minimum Gasteiger partial charge on any atom is -0.466 e. The van der Waals surface area contributed by atoms with Crippen LogP contribution in [0.2, 0.25) is 0 Å². The second kappa shape index (κ2) is 6.54. The van der Waals surface area contributed by atoms with Crippen LogP contribution in [0, 0.1) is 19.7 Å². The molecule has 1 heterocycles. The van der Waals surface area contributed by atoms with E-state index in [9.17, 15) is 9.18 Å². The molecule has 0 aliphatic rings. The molecule has 0 fully saturated rings. The van der Waals surface area contributed by atoms with E-state index in [1.54, 1.807) is 38.1 Å². The van der Waals surface area contributed by atoms with E-state index in [2.05, 4.69) is 0 Å². The fourth-order valence-electron chi connectivity index (χ4n) is 2.24. The van der Waals surface area contributed by atoms with Crippen LogP contribution in [0.15, 0.2) is 34.7 Å². The summed E-state index contributed by atoms with van der Waals surface area (Å²) in [5.74, 6) is 0.485. The Kier molecular flexibility index (Phi) is 4.75. The first-order valence-corrected chi connectivity index (χ1v) is 6.88. The molecule has 0 radical (unpaired) electrons. The quantitative estimate of drug-likeness (QED) is 0.920. The summed E-state index contributed by atoms with van der Waals surface area (Å²) < 4.78 is 19.4. The van der Waals surface area contributed by atoms with Gasteiger partial charge in [-0.05, 0) is 45.0 Å². The summed E-state index contributed by atoms with van der Waals surface area (Å²) in [5, 5.41) is 0. The van der Waals surface area contributed by atoms with E-state index in [4.69, 9.17) is 10.2 Å². The highest BCUT2D eigenvalue weighted by Crippen LogP contribution is 2.23. The first kappa shape index (κ1) is 15.3. The summed E-state index contributed by atoms with van der Waals surface area (Å²) >= 11 is 0. The van der Waals surface area contributed by atoms with Crippen molar-refractivity contribution in [1.82, 2.24) is 0 Å². The van der Waals surface area contributed by atoms with Gasteiger partial charge in [0.15, 0.2) is 0 Å². The number of para-hydroxylation sites is 1. The molecule has 2 rings (SSSR count). The van der Waals surface area contributed by atoms with Crippen molar-refractivity contribution in [3.05, 3.63) is 53.2 Å². The number of hydrogen-bond donors (Lipinski definition) is 1. The Bertz CT molecular complexity index is 637. The van der Waals surface area contributed by atoms with E-state index < -0.39 is 5.82 Å². The number of furan rings is 1. The molecular formula is C16H19FN2O2. The van der Waals surface area contributed by atoms with Crippen LogP contribution in [-0.2, 0) is 0 Å². The van der Waals surface area contributed by atoms with Gasteiger partial charge in [0.05, 0.1) is 11.3 Å². The average Bonchev–Trinajstić information content (AvgIpc) is 2.79. The maximum Gasteiger partial charge on any atom is 0.261 e. The fraction of sp³-hybridized carbons (Fsp3) is 0.312. The summed E-state index contributed by atoms with van der Waals surface area (Å²) in [4.78, 5) is 14.1. The Labute approximate surface area is 123 Å². The molecule has 0 saturated carbocycles. The molecule has 5 heteroatoms. The van der Waals surface area contributed by atoms with E-state index in [1.165, 1.54) is 11.0 Å². The molecule has 4 nitrogen and oxygen atoms in total. The number of nitrogens with two attached hydrogens (primary N) is 1. The lowest BCUT2D eigenvalue weighted by atomic mass is 10.1. The highest BCUT2D eigenvalue weighted by Gasteiger charge is 2.23. The van der Waals surface area contributed by atoms with Crippen LogP contribution in [0.3, 0.4) is 0 Å². The molecule has 112 valence electrons. The molecule has 2 aromatic rings. The molecule has 0 saturated heterocycles. The van der Waals surface area contributed by atoms with E-state index >= 15 is 0 Å². The Balaban J connectivity index is 2.38. The predicted octanol–water partition coefficient (Wildman–Crippen LogP) is 3.03. The number of aryl methyl sites for hydroxylation is 2. The van der Waals surface area contributed by atoms with Gasteiger partial charge in [0.25, 0.3) is 5.91 Å². The van der Waals surface area contributed by atoms with Gasteiger partial charge in [-0.15, -0.1) is 0 Å². The topological polar surface area (TPSA) is 59.5 Å². The number of anilines is 1. The number of rotatable bonds is 5. The molecule has 0 unspecified atom stereocenters. The molecule has 0 aliphatic heterocycles. The highest BCUT2D eigenvalue weighted by molar-refractivity contribution is 6.06. The van der Waals surface area contributed by atoms with Gasteiger partial charge in [0, 0.05) is 6.54 Å². The zero-order chi connectivity index (χ0) is 15.4. The van der Waals surface area contributed by atoms with Crippen molar-refractivity contribution in [3.63, 3.8) is 0 Å². The SMILES string of the molecule is Cc1cc(C(=O)N(CCCN)c2ccccc2F)c(C)o1. The molecule has 21 heavy (non-hydrogen) atoms. The van der Waals surface area contributed by atoms with Gasteiger partial charge in [-0.2, -0.15) is 0 Å². The third-order valence-electron chi connectivity index (χ3n) is 3.25. The van der Waals surface area contributed by atoms with Crippen LogP contribution < -0.4 is 10.6 Å². The van der Waals surface area contributed by atoms with Crippen LogP contribution in [0.1, 0.15) is 28.3 Å². The Morgan fingerprint density at radius 2 is 2.05 bits per heavy atom. The fourth-order valence-corrected chi connectivity index (χ4v) is 2.24. The molecule has 1 aromatic carbocycles. The van der Waals surface area contributed by atoms with Crippen molar-refractivity contribution in [3.8, 4) is 0 Å². The first-order valence-electron chi connectivity index (χ1n) is 6.88. The predicted molar refractivity (Wildman–Crippen MR) is 79.9 cm³/mol. The van der Waals surface area contributed by atoms with Gasteiger partial charge in [-0.3, -0.25) is 4.79 Å². The summed E-state index contributed by atoms with van der Waals surface area (Å²) in [6.07, 6.45) is 0.593. The zero-order valence-electron chi connectivity index (χ0n) is 12.2. The normalized spacial score (nSPS) is 10.7. The lowest BCUT2D eigenvalue weighted by molar-refractivity contribution is 0.0984. The maximum atomic E-state index is 14.0. The monoisotopic (exact) mass is 290 g/mol. The molecule has 1 amide bonds. The first-order chi connectivity index (χ1) is 10.0. The Morgan fingerprint density at radius 3 is 2.62 bits per heavy atom. The number of amides is 1. The van der Waals surface area contributed by atoms with E-state index in [0.29, 0.717) is 36.6 Å². The second-order valence-corrected chi connectivity index (χ2v) is 4.88. The largest absolute Gasteiger partial charge is 0.466 e. The van der Waals surface area contributed by atoms with Crippen molar-refractivity contribution in [2.24, 2.45) is 5.73 Å². The van der Waals surface area contributed by atoms with Crippen molar-refractivity contribution in [1.29, 1.82) is 0 Å². The van der Waals surface area contributed by atoms with Gasteiger partial charge < -0.3 is 15.1 Å². The van der Waals surface area contributed by atoms with Gasteiger partial charge >= 0.3 is 0 Å². The average molecular weight is 290 g/mol. The lowest BCUT2D eigenvalue weighted by Gasteiger charge is -2.22. The van der Waals surface area contributed by atoms with Crippen LogP contribution >= 0.6 is 0 Å². The number of carbonyl (C=O) groups excluding carboxylic acids is 1.